The van der Waals surface area contributed by atoms with Gasteiger partial charge in [-0.15, -0.1) is 0 Å². The highest BCUT2D eigenvalue weighted by molar-refractivity contribution is 6.19. The number of hydrogen-bond acceptors (Lipinski definition) is 4. The van der Waals surface area contributed by atoms with Crippen LogP contribution in [-0.2, 0) is 0 Å². The fourth-order valence-electron chi connectivity index (χ4n) is 8.22. The quantitative estimate of drug-likeness (QED) is 0.163. The second-order valence-electron chi connectivity index (χ2n) is 14.8. The number of aromatic nitrogens is 3. The van der Waals surface area contributed by atoms with Gasteiger partial charge >= 0.3 is 0 Å². The van der Waals surface area contributed by atoms with Crippen LogP contribution in [0.15, 0.2) is 217 Å². The molecule has 11 aromatic rings. The maximum Gasteiger partial charge on any atom is 0.164 e. The average Bonchev–Trinajstić information content (AvgIpc) is 3.70. The topological polar surface area (TPSA) is 51.8 Å². The molecule has 0 N–H and O–H groups in total. The lowest BCUT2D eigenvalue weighted by Gasteiger charge is -2.12. The van der Waals surface area contributed by atoms with Gasteiger partial charge in [-0.05, 0) is 80.2 Å². The lowest BCUT2D eigenvalue weighted by atomic mass is 9.93. The third-order valence-electron chi connectivity index (χ3n) is 11.2. The van der Waals surface area contributed by atoms with Crippen molar-refractivity contribution >= 4 is 32.7 Å². The molecule has 0 bridgehead atoms. The van der Waals surface area contributed by atoms with Crippen LogP contribution >= 0.6 is 0 Å². The fourth-order valence-corrected chi connectivity index (χ4v) is 8.22. The Morgan fingerprint density at radius 2 is 0.763 bits per heavy atom. The summed E-state index contributed by atoms with van der Waals surface area (Å²) in [7, 11) is 0. The number of fused-ring (bicyclic) bond motifs is 5. The van der Waals surface area contributed by atoms with Crippen LogP contribution in [0.1, 0.15) is 0 Å². The van der Waals surface area contributed by atoms with Gasteiger partial charge in [0.15, 0.2) is 17.5 Å². The summed E-state index contributed by atoms with van der Waals surface area (Å²) in [5, 5.41) is 4.26. The maximum absolute atomic E-state index is 6.69. The molecule has 0 aliphatic rings. The summed E-state index contributed by atoms with van der Waals surface area (Å²) >= 11 is 0. The van der Waals surface area contributed by atoms with E-state index in [1.54, 1.807) is 0 Å². The van der Waals surface area contributed by atoms with E-state index in [9.17, 15) is 0 Å². The lowest BCUT2D eigenvalue weighted by Crippen LogP contribution is -2.01. The van der Waals surface area contributed by atoms with Crippen LogP contribution in [-0.4, -0.2) is 15.0 Å². The molecule has 0 amide bonds. The van der Waals surface area contributed by atoms with Crippen molar-refractivity contribution in [3.8, 4) is 78.7 Å². The highest BCUT2D eigenvalue weighted by Crippen LogP contribution is 2.42. The molecule has 0 spiro atoms. The molecule has 0 unspecified atom stereocenters. The summed E-state index contributed by atoms with van der Waals surface area (Å²) < 4.78 is 6.69. The lowest BCUT2D eigenvalue weighted by molar-refractivity contribution is 0.672. The monoisotopic (exact) mass is 753 g/mol. The van der Waals surface area contributed by atoms with Gasteiger partial charge in [-0.1, -0.05) is 182 Å². The molecule has 0 saturated carbocycles. The highest BCUT2D eigenvalue weighted by Gasteiger charge is 2.19. The predicted molar refractivity (Wildman–Crippen MR) is 243 cm³/mol. The number of rotatable bonds is 7. The second kappa shape index (κ2) is 14.5. The molecule has 0 aliphatic heterocycles. The molecule has 2 heterocycles. The molecule has 0 fully saturated rings. The number of nitrogens with zero attached hydrogens (tertiary/aromatic N) is 3. The Bertz CT molecular complexity index is 3300. The zero-order valence-corrected chi connectivity index (χ0v) is 32.0. The van der Waals surface area contributed by atoms with E-state index in [1.807, 2.05) is 24.3 Å². The zero-order chi connectivity index (χ0) is 39.1. The third kappa shape index (κ3) is 6.34. The Labute approximate surface area is 341 Å². The second-order valence-corrected chi connectivity index (χ2v) is 14.8. The molecular formula is C55H35N3O. The average molecular weight is 754 g/mol. The van der Waals surface area contributed by atoms with Gasteiger partial charge in [-0.2, -0.15) is 0 Å². The van der Waals surface area contributed by atoms with E-state index in [1.165, 1.54) is 11.1 Å². The van der Waals surface area contributed by atoms with Gasteiger partial charge in [-0.3, -0.25) is 0 Å². The van der Waals surface area contributed by atoms with Crippen LogP contribution in [0.4, 0.5) is 0 Å². The third-order valence-corrected chi connectivity index (χ3v) is 11.2. The molecule has 11 rings (SSSR count). The zero-order valence-electron chi connectivity index (χ0n) is 32.0. The van der Waals surface area contributed by atoms with E-state index in [0.29, 0.717) is 17.5 Å². The van der Waals surface area contributed by atoms with Crippen molar-refractivity contribution in [2.75, 3.05) is 0 Å². The van der Waals surface area contributed by atoms with Crippen LogP contribution in [0, 0.1) is 0 Å². The minimum absolute atomic E-state index is 0.591. The Balaban J connectivity index is 1.09. The molecule has 0 saturated heterocycles. The van der Waals surface area contributed by atoms with Gasteiger partial charge in [0, 0.05) is 32.8 Å². The van der Waals surface area contributed by atoms with Crippen molar-refractivity contribution in [1.29, 1.82) is 0 Å². The van der Waals surface area contributed by atoms with Crippen molar-refractivity contribution in [2.24, 2.45) is 0 Å². The smallest absolute Gasteiger partial charge is 0.164 e. The molecule has 0 atom stereocenters. The molecule has 4 nitrogen and oxygen atoms in total. The molecule has 2 aromatic heterocycles. The number of hydrogen-bond donors (Lipinski definition) is 0. The van der Waals surface area contributed by atoms with Crippen molar-refractivity contribution < 1.29 is 4.42 Å². The first-order chi connectivity index (χ1) is 29.2. The van der Waals surface area contributed by atoms with E-state index in [2.05, 4.69) is 188 Å². The van der Waals surface area contributed by atoms with Crippen LogP contribution in [0.2, 0.25) is 0 Å². The van der Waals surface area contributed by atoms with Crippen molar-refractivity contribution in [3.05, 3.63) is 212 Å². The molecular weight excluding hydrogens is 719 g/mol. The van der Waals surface area contributed by atoms with Gasteiger partial charge < -0.3 is 4.42 Å². The molecule has 59 heavy (non-hydrogen) atoms. The van der Waals surface area contributed by atoms with E-state index in [0.717, 1.165) is 82.8 Å². The van der Waals surface area contributed by atoms with Gasteiger partial charge in [0.25, 0.3) is 0 Å². The normalized spacial score (nSPS) is 11.4. The van der Waals surface area contributed by atoms with Gasteiger partial charge in [0.2, 0.25) is 0 Å². The minimum Gasteiger partial charge on any atom is -0.455 e. The van der Waals surface area contributed by atoms with E-state index < -0.39 is 0 Å². The Morgan fingerprint density at radius 1 is 0.254 bits per heavy atom. The summed E-state index contributed by atoms with van der Waals surface area (Å²) in [5.74, 6) is 1.81. The van der Waals surface area contributed by atoms with E-state index >= 15 is 0 Å². The highest BCUT2D eigenvalue weighted by atomic mass is 16.3. The molecule has 9 aromatic carbocycles. The van der Waals surface area contributed by atoms with E-state index in [4.69, 9.17) is 19.4 Å². The Kier molecular flexibility index (Phi) is 8.45. The van der Waals surface area contributed by atoms with Gasteiger partial charge in [0.1, 0.15) is 11.2 Å². The van der Waals surface area contributed by atoms with E-state index in [-0.39, 0.29) is 0 Å². The van der Waals surface area contributed by atoms with Gasteiger partial charge in [-0.25, -0.2) is 15.0 Å². The summed E-state index contributed by atoms with van der Waals surface area (Å²) in [5.41, 5.74) is 13.5. The van der Waals surface area contributed by atoms with Crippen molar-refractivity contribution in [3.63, 3.8) is 0 Å². The van der Waals surface area contributed by atoms with Crippen LogP contribution in [0.25, 0.3) is 111 Å². The van der Waals surface area contributed by atoms with Crippen molar-refractivity contribution in [2.45, 2.75) is 0 Å². The predicted octanol–water partition coefficient (Wildman–Crippen LogP) is 14.6. The summed E-state index contributed by atoms with van der Waals surface area (Å²) in [6.07, 6.45) is 0. The molecule has 0 radical (unpaired) electrons. The molecule has 276 valence electrons. The first kappa shape index (κ1) is 34.3. The summed E-state index contributed by atoms with van der Waals surface area (Å²) in [6, 6.07) is 74.0. The fraction of sp³-hybridized carbons (Fsp3) is 0. The first-order valence-corrected chi connectivity index (χ1v) is 19.8. The molecule has 4 heteroatoms. The van der Waals surface area contributed by atoms with Crippen LogP contribution < -0.4 is 0 Å². The SMILES string of the molecule is c1ccc(-c2ccc(-c3nc(-c4ccc5oc6c7ccccc7c(-c7cccc(-c8ccccc8)c7)cc6c5c4)nc(-c4ccccc4-c4ccccc4)n3)cc2)cc1. The van der Waals surface area contributed by atoms with Crippen LogP contribution in [0.5, 0.6) is 0 Å². The number of furan rings is 1. The summed E-state index contributed by atoms with van der Waals surface area (Å²) in [4.78, 5) is 15.6. The summed E-state index contributed by atoms with van der Waals surface area (Å²) in [6.45, 7) is 0. The number of benzene rings is 9. The van der Waals surface area contributed by atoms with Gasteiger partial charge in [0.05, 0.1) is 0 Å². The molecule has 0 aliphatic carbocycles. The van der Waals surface area contributed by atoms with Crippen LogP contribution in [0.3, 0.4) is 0 Å². The largest absolute Gasteiger partial charge is 0.455 e. The Hall–Kier alpha value is -7.95. The van der Waals surface area contributed by atoms with Crippen molar-refractivity contribution in [1.82, 2.24) is 15.0 Å². The Morgan fingerprint density at radius 3 is 1.49 bits per heavy atom. The minimum atomic E-state index is 0.591. The maximum atomic E-state index is 6.69. The standard InChI is InChI=1S/C55H35N3O/c1-4-15-36(16-5-1)38-27-29-40(30-28-38)53-56-54(58-55(57-53)47-26-13-10-23-44(47)39-19-8-3-9-20-39)43-31-32-51-49(34-43)50-35-48(45-24-11-12-25-46(45)52(50)59-51)42-22-14-21-41(33-42)37-17-6-2-7-18-37/h1-35H. The first-order valence-electron chi connectivity index (χ1n) is 19.8.